The van der Waals surface area contributed by atoms with E-state index in [1.807, 2.05) is 133 Å². The van der Waals surface area contributed by atoms with Crippen LogP contribution in [0.3, 0.4) is 0 Å². The summed E-state index contributed by atoms with van der Waals surface area (Å²) in [6.45, 7) is 0. The molecule has 0 atom stereocenters. The third-order valence-electron chi connectivity index (χ3n) is 15.3. The number of hydrogen-bond donors (Lipinski definition) is 0. The molecule has 0 amide bonds. The Bertz CT molecular complexity index is 4040. The van der Waals surface area contributed by atoms with Gasteiger partial charge in [-0.05, 0) is 107 Å². The molecule has 13 rings (SSSR count). The first-order valence-corrected chi connectivity index (χ1v) is 26.9. The van der Waals surface area contributed by atoms with Gasteiger partial charge in [-0.3, -0.25) is 9.59 Å². The maximum absolute atomic E-state index is 15.2. The lowest BCUT2D eigenvalue weighted by Crippen LogP contribution is -2.02. The molecule has 2 aliphatic rings. The van der Waals surface area contributed by atoms with Gasteiger partial charge in [-0.15, -0.1) is 6.42 Å². The van der Waals surface area contributed by atoms with E-state index in [0.29, 0.717) is 22.3 Å². The Morgan fingerprint density at radius 2 is 0.362 bits per heavy atom. The molecule has 2 nitrogen and oxygen atoms in total. The molecule has 0 saturated carbocycles. The Morgan fingerprint density at radius 3 is 0.613 bits per heavy atom. The monoisotopic (exact) mass is 1020 g/mol. The molecule has 2 aliphatic carbocycles. The molecule has 11 aromatic rings. The maximum atomic E-state index is 15.2. The van der Waals surface area contributed by atoms with Gasteiger partial charge >= 0.3 is 0 Å². The highest BCUT2D eigenvalue weighted by Gasteiger charge is 2.37. The SMILES string of the molecule is C#Cc1cc(-c2ccc(C3=C(c4ccccc4)C(=O)C(c4ccc(-c5ccccc5)cc4)=C3c3ccccc3)cc2)cc(-c2ccc(C3=C(c4ccccc4)C(=O)C(c4ccc(-c5ccccc5)cc4)=C3c3ccccc3)cc2)c1. The van der Waals surface area contributed by atoms with E-state index >= 15 is 9.59 Å². The van der Waals surface area contributed by atoms with Crippen molar-refractivity contribution in [2.75, 3.05) is 0 Å². The van der Waals surface area contributed by atoms with Crippen molar-refractivity contribution in [3.8, 4) is 56.9 Å². The predicted molar refractivity (Wildman–Crippen MR) is 332 cm³/mol. The molecule has 80 heavy (non-hydrogen) atoms. The van der Waals surface area contributed by atoms with Crippen molar-refractivity contribution in [3.63, 3.8) is 0 Å². The highest BCUT2D eigenvalue weighted by atomic mass is 16.1. The molecule has 11 aromatic carbocycles. The van der Waals surface area contributed by atoms with E-state index in [1.54, 1.807) is 0 Å². The zero-order valence-corrected chi connectivity index (χ0v) is 43.7. The van der Waals surface area contributed by atoms with Gasteiger partial charge in [0.1, 0.15) is 0 Å². The summed E-state index contributed by atoms with van der Waals surface area (Å²) in [5.74, 6) is 2.92. The molecule has 0 radical (unpaired) electrons. The van der Waals surface area contributed by atoms with Crippen molar-refractivity contribution in [1.29, 1.82) is 0 Å². The van der Waals surface area contributed by atoms with Gasteiger partial charge in [-0.2, -0.15) is 0 Å². The Hall–Kier alpha value is -10.7. The second kappa shape index (κ2) is 21.4. The van der Waals surface area contributed by atoms with Crippen LogP contribution in [0, 0.1) is 12.3 Å². The average Bonchev–Trinajstić information content (AvgIpc) is 4.27. The van der Waals surface area contributed by atoms with Crippen molar-refractivity contribution in [3.05, 3.63) is 347 Å². The van der Waals surface area contributed by atoms with Crippen LogP contribution in [-0.4, -0.2) is 11.6 Å². The molecule has 374 valence electrons. The Morgan fingerprint density at radius 1 is 0.188 bits per heavy atom. The number of benzene rings is 11. The Kier molecular flexibility index (Phi) is 13.1. The van der Waals surface area contributed by atoms with Gasteiger partial charge in [-0.1, -0.05) is 285 Å². The Balaban J connectivity index is 0.884. The summed E-state index contributed by atoms with van der Waals surface area (Å²) in [6.07, 6.45) is 6.23. The zero-order chi connectivity index (χ0) is 53.9. The van der Waals surface area contributed by atoms with Crippen LogP contribution in [0.2, 0.25) is 0 Å². The minimum Gasteiger partial charge on any atom is -0.289 e. The van der Waals surface area contributed by atoms with Crippen LogP contribution in [0.5, 0.6) is 0 Å². The average molecular weight is 1020 g/mol. The van der Waals surface area contributed by atoms with E-state index < -0.39 is 0 Å². The summed E-state index contributed by atoms with van der Waals surface area (Å²) in [5, 5.41) is 0. The molecule has 0 spiro atoms. The largest absolute Gasteiger partial charge is 0.289 e. The minimum absolute atomic E-state index is 0.00680. The fourth-order valence-corrected chi connectivity index (χ4v) is 11.5. The predicted octanol–water partition coefficient (Wildman–Crippen LogP) is 18.5. The van der Waals surface area contributed by atoms with Crippen molar-refractivity contribution in [1.82, 2.24) is 0 Å². The zero-order valence-electron chi connectivity index (χ0n) is 43.7. The molecule has 0 N–H and O–H groups in total. The lowest BCUT2D eigenvalue weighted by Gasteiger charge is -2.15. The molecule has 2 heteroatoms. The first-order valence-electron chi connectivity index (χ1n) is 26.9. The molecule has 0 unspecified atom stereocenters. The molecule has 0 bridgehead atoms. The Labute approximate surface area is 467 Å². The summed E-state index contributed by atoms with van der Waals surface area (Å²) >= 11 is 0. The fraction of sp³-hybridized carbons (Fsp3) is 0. The van der Waals surface area contributed by atoms with E-state index in [0.717, 1.165) is 117 Å². The van der Waals surface area contributed by atoms with Crippen LogP contribution in [0.25, 0.3) is 89.1 Å². The number of carbonyl (C=O) groups is 2. The smallest absolute Gasteiger partial charge is 0.195 e. The summed E-state index contributed by atoms with van der Waals surface area (Å²) in [5.41, 5.74) is 22.7. The van der Waals surface area contributed by atoms with Crippen LogP contribution >= 0.6 is 0 Å². The normalized spacial score (nSPS) is 13.3. The lowest BCUT2D eigenvalue weighted by molar-refractivity contribution is -0.109. The van der Waals surface area contributed by atoms with Crippen molar-refractivity contribution < 1.29 is 9.59 Å². The summed E-state index contributed by atoms with van der Waals surface area (Å²) in [6, 6.07) is 101. The van der Waals surface area contributed by atoms with Gasteiger partial charge in [0, 0.05) is 50.1 Å². The third-order valence-corrected chi connectivity index (χ3v) is 15.3. The second-order valence-corrected chi connectivity index (χ2v) is 20.1. The first kappa shape index (κ1) is 48.9. The lowest BCUT2D eigenvalue weighted by atomic mass is 9.87. The molecular weight excluding hydrogens is 969 g/mol. The number of rotatable bonds is 12. The van der Waals surface area contributed by atoms with Crippen LogP contribution < -0.4 is 0 Å². The van der Waals surface area contributed by atoms with E-state index in [1.165, 1.54) is 0 Å². The molecule has 0 aromatic heterocycles. The van der Waals surface area contributed by atoms with Gasteiger partial charge in [0.25, 0.3) is 0 Å². The van der Waals surface area contributed by atoms with Gasteiger partial charge in [0.15, 0.2) is 11.6 Å². The second-order valence-electron chi connectivity index (χ2n) is 20.1. The number of carbonyl (C=O) groups excluding carboxylic acids is 2. The third kappa shape index (κ3) is 9.20. The highest BCUT2D eigenvalue weighted by Crippen LogP contribution is 2.52. The standard InChI is InChI=1S/C78H50O2/c1-2-52-49-67(57-37-41-63(42-38-57)71-69(59-25-13-5-14-26-59)75(77(79)73(71)61-29-17-7-18-30-61)65-45-33-55(34-46-65)53-21-9-3-10-22-53)51-68(50-52)58-39-43-64(44-40-58)72-70(60-27-15-6-16-28-60)76(78(80)74(72)62-31-19-8-20-32-62)66-47-35-56(36-48-66)54-23-11-4-12-24-54/h1,3-51H. The highest BCUT2D eigenvalue weighted by molar-refractivity contribution is 6.60. The van der Waals surface area contributed by atoms with E-state index in [9.17, 15) is 0 Å². The number of allylic oxidation sites excluding steroid dienone is 8. The molecular formula is C78H50O2. The summed E-state index contributed by atoms with van der Waals surface area (Å²) in [7, 11) is 0. The van der Waals surface area contributed by atoms with Crippen LogP contribution in [0.15, 0.2) is 297 Å². The van der Waals surface area contributed by atoms with Crippen LogP contribution in [0.4, 0.5) is 0 Å². The summed E-state index contributed by atoms with van der Waals surface area (Å²) in [4.78, 5) is 30.4. The molecule has 0 fully saturated rings. The molecule has 0 aliphatic heterocycles. The van der Waals surface area contributed by atoms with Gasteiger partial charge < -0.3 is 0 Å². The molecule has 0 saturated heterocycles. The van der Waals surface area contributed by atoms with Crippen LogP contribution in [-0.2, 0) is 9.59 Å². The fourth-order valence-electron chi connectivity index (χ4n) is 11.5. The van der Waals surface area contributed by atoms with Crippen molar-refractivity contribution >= 4 is 56.2 Å². The number of ketones is 2. The first-order chi connectivity index (χ1) is 39.5. The van der Waals surface area contributed by atoms with E-state index in [4.69, 9.17) is 6.42 Å². The number of terminal acetylenes is 1. The molecule has 0 heterocycles. The van der Waals surface area contributed by atoms with Crippen molar-refractivity contribution in [2.24, 2.45) is 0 Å². The summed E-state index contributed by atoms with van der Waals surface area (Å²) < 4.78 is 0. The van der Waals surface area contributed by atoms with Crippen LogP contribution in [0.1, 0.15) is 50.1 Å². The van der Waals surface area contributed by atoms with Gasteiger partial charge in [0.05, 0.1) is 0 Å². The van der Waals surface area contributed by atoms with Gasteiger partial charge in [-0.25, -0.2) is 0 Å². The van der Waals surface area contributed by atoms with Gasteiger partial charge in [0.2, 0.25) is 0 Å². The van der Waals surface area contributed by atoms with E-state index in [-0.39, 0.29) is 11.6 Å². The number of Topliss-reactive ketones (excluding diaryl/α,β-unsaturated/α-hetero) is 2. The maximum Gasteiger partial charge on any atom is 0.195 e. The number of hydrogen-bond acceptors (Lipinski definition) is 2. The quantitative estimate of drug-likeness (QED) is 0.114. The van der Waals surface area contributed by atoms with E-state index in [2.05, 4.69) is 170 Å². The minimum atomic E-state index is -0.00680. The van der Waals surface area contributed by atoms with Crippen molar-refractivity contribution in [2.45, 2.75) is 0 Å². The topological polar surface area (TPSA) is 34.1 Å².